The number of carbonyl (C=O) groups excluding carboxylic acids is 1. The molecule has 1 aliphatic carbocycles. The molecule has 1 amide bonds. The van der Waals surface area contributed by atoms with Crippen molar-refractivity contribution >= 4 is 34.7 Å². The molecule has 13 heteroatoms. The molecule has 0 bridgehead atoms. The van der Waals surface area contributed by atoms with Gasteiger partial charge in [0.05, 0.1) is 22.3 Å². The van der Waals surface area contributed by atoms with Gasteiger partial charge in [-0.3, -0.25) is 4.79 Å². The summed E-state index contributed by atoms with van der Waals surface area (Å²) in [6.07, 6.45) is -1.12. The van der Waals surface area contributed by atoms with Crippen molar-refractivity contribution in [2.24, 2.45) is 5.92 Å². The SMILES string of the molecule is CCCN(C)C(=O)OCc1c(-c2ccc(O[C@H]3CCC[C@H](C(=O)O)C3)c(C(F)F)n2)nnn1CI. The second-order valence-electron chi connectivity index (χ2n) is 8.30. The van der Waals surface area contributed by atoms with Gasteiger partial charge in [-0.1, -0.05) is 34.7 Å². The van der Waals surface area contributed by atoms with E-state index in [2.05, 4.69) is 37.9 Å². The van der Waals surface area contributed by atoms with Crippen LogP contribution in [0.3, 0.4) is 0 Å². The number of aliphatic carboxylic acids is 1. The number of hydrogen-bond donors (Lipinski definition) is 1. The first-order chi connectivity index (χ1) is 16.7. The molecule has 0 unspecified atom stereocenters. The number of pyridine rings is 1. The van der Waals surface area contributed by atoms with Crippen LogP contribution in [0, 0.1) is 5.92 Å². The standard InChI is InChI=1S/C22H28F2IN5O5/c1-3-9-29(2)22(33)34-11-16-18(27-28-30(16)12-25)15-7-8-17(19(26-15)20(23)24)35-14-6-4-5-13(10-14)21(31)32/h7-8,13-14,20H,3-6,9-12H2,1-2H3,(H,31,32)/t13-,14-/m0/s1. The Bertz CT molecular complexity index is 1040. The van der Waals surface area contributed by atoms with Crippen LogP contribution in [0.2, 0.25) is 0 Å². The third-order valence-corrected chi connectivity index (χ3v) is 6.40. The molecule has 3 rings (SSSR count). The topological polar surface area (TPSA) is 120 Å². The fourth-order valence-electron chi connectivity index (χ4n) is 3.94. The zero-order valence-corrected chi connectivity index (χ0v) is 21.7. The van der Waals surface area contributed by atoms with Crippen LogP contribution in [0.5, 0.6) is 5.75 Å². The second kappa shape index (κ2) is 12.4. The first-order valence-electron chi connectivity index (χ1n) is 11.3. The minimum absolute atomic E-state index is 0.0877. The molecule has 192 valence electrons. The van der Waals surface area contributed by atoms with E-state index in [0.29, 0.717) is 36.1 Å². The van der Waals surface area contributed by atoms with Crippen molar-refractivity contribution < 1.29 is 33.0 Å². The lowest BCUT2D eigenvalue weighted by Crippen LogP contribution is -2.29. The smallest absolute Gasteiger partial charge is 0.409 e. The number of hydrogen-bond acceptors (Lipinski definition) is 7. The molecule has 35 heavy (non-hydrogen) atoms. The molecule has 1 fully saturated rings. The van der Waals surface area contributed by atoms with Gasteiger partial charge in [0, 0.05) is 13.6 Å². The Hall–Kier alpha value is -2.58. The molecule has 10 nitrogen and oxygen atoms in total. The number of alkyl halides is 3. The first kappa shape index (κ1) is 27.0. The van der Waals surface area contributed by atoms with Gasteiger partial charge in [0.2, 0.25) is 0 Å². The van der Waals surface area contributed by atoms with Crippen molar-refractivity contribution in [1.82, 2.24) is 24.9 Å². The quantitative estimate of drug-likeness (QED) is 0.306. The van der Waals surface area contributed by atoms with Gasteiger partial charge in [0.1, 0.15) is 29.4 Å². The van der Waals surface area contributed by atoms with Crippen LogP contribution in [0.15, 0.2) is 12.1 Å². The van der Waals surface area contributed by atoms with Gasteiger partial charge in [-0.05, 0) is 44.2 Å². The molecule has 0 aromatic carbocycles. The number of rotatable bonds is 10. The number of halogens is 3. The summed E-state index contributed by atoms with van der Waals surface area (Å²) >= 11 is 2.06. The van der Waals surface area contributed by atoms with Crippen molar-refractivity contribution in [1.29, 1.82) is 0 Å². The molecule has 0 aliphatic heterocycles. The van der Waals surface area contributed by atoms with Gasteiger partial charge in [-0.2, -0.15) is 0 Å². The van der Waals surface area contributed by atoms with E-state index in [9.17, 15) is 23.5 Å². The summed E-state index contributed by atoms with van der Waals surface area (Å²) in [7, 11) is 1.63. The average molecular weight is 607 g/mol. The number of nitrogens with zero attached hydrogens (tertiary/aromatic N) is 5. The monoisotopic (exact) mass is 607 g/mol. The van der Waals surface area contributed by atoms with E-state index >= 15 is 0 Å². The minimum Gasteiger partial charge on any atom is -0.488 e. The summed E-state index contributed by atoms with van der Waals surface area (Å²) in [5.41, 5.74) is 0.235. The van der Waals surface area contributed by atoms with Gasteiger partial charge in [0.25, 0.3) is 6.43 Å². The number of carboxylic acids is 1. The molecule has 1 N–H and O–H groups in total. The van der Waals surface area contributed by atoms with Crippen molar-refractivity contribution in [3.8, 4) is 17.1 Å². The maximum atomic E-state index is 13.9. The van der Waals surface area contributed by atoms with E-state index < -0.39 is 36.2 Å². The Morgan fingerprint density at radius 3 is 2.77 bits per heavy atom. The molecule has 0 radical (unpaired) electrons. The third kappa shape index (κ3) is 6.76. The average Bonchev–Trinajstić information content (AvgIpc) is 3.25. The van der Waals surface area contributed by atoms with Crippen LogP contribution in [-0.4, -0.2) is 61.7 Å². The van der Waals surface area contributed by atoms with E-state index in [-0.39, 0.29) is 30.2 Å². The van der Waals surface area contributed by atoms with E-state index in [0.717, 1.165) is 6.42 Å². The molecule has 2 heterocycles. The molecule has 2 atom stereocenters. The van der Waals surface area contributed by atoms with Crippen molar-refractivity contribution in [2.45, 2.75) is 62.7 Å². The lowest BCUT2D eigenvalue weighted by molar-refractivity contribution is -0.143. The zero-order valence-electron chi connectivity index (χ0n) is 19.5. The lowest BCUT2D eigenvalue weighted by atomic mass is 9.87. The van der Waals surface area contributed by atoms with E-state index in [1.165, 1.54) is 21.7 Å². The van der Waals surface area contributed by atoms with Crippen LogP contribution in [0.1, 0.15) is 56.8 Å². The number of ether oxygens (including phenoxy) is 2. The largest absolute Gasteiger partial charge is 0.488 e. The van der Waals surface area contributed by atoms with E-state index in [4.69, 9.17) is 9.47 Å². The van der Waals surface area contributed by atoms with Crippen LogP contribution < -0.4 is 4.74 Å². The summed E-state index contributed by atoms with van der Waals surface area (Å²) in [4.78, 5) is 29.1. The Morgan fingerprint density at radius 1 is 1.34 bits per heavy atom. The Morgan fingerprint density at radius 2 is 2.11 bits per heavy atom. The summed E-state index contributed by atoms with van der Waals surface area (Å²) in [6, 6.07) is 2.89. The minimum atomic E-state index is -2.92. The fourth-order valence-corrected chi connectivity index (χ4v) is 4.49. The molecule has 1 saturated carbocycles. The van der Waals surface area contributed by atoms with E-state index in [1.54, 1.807) is 7.05 Å². The highest BCUT2D eigenvalue weighted by Crippen LogP contribution is 2.34. The second-order valence-corrected chi connectivity index (χ2v) is 8.98. The predicted molar refractivity (Wildman–Crippen MR) is 129 cm³/mol. The maximum Gasteiger partial charge on any atom is 0.409 e. The molecule has 1 aliphatic rings. The van der Waals surface area contributed by atoms with Crippen molar-refractivity contribution in [2.75, 3.05) is 13.6 Å². The summed E-state index contributed by atoms with van der Waals surface area (Å²) < 4.78 is 40.9. The van der Waals surface area contributed by atoms with Gasteiger partial charge in [-0.15, -0.1) is 5.10 Å². The fraction of sp³-hybridized carbons (Fsp3) is 0.591. The van der Waals surface area contributed by atoms with Gasteiger partial charge in [0.15, 0.2) is 0 Å². The zero-order chi connectivity index (χ0) is 25.5. The van der Waals surface area contributed by atoms with Crippen LogP contribution in [0.4, 0.5) is 13.6 Å². The highest BCUT2D eigenvalue weighted by Gasteiger charge is 2.30. The van der Waals surface area contributed by atoms with Crippen LogP contribution in [-0.2, 0) is 20.7 Å². The molecular weight excluding hydrogens is 579 g/mol. The summed E-state index contributed by atoms with van der Waals surface area (Å²) in [6.45, 7) is 2.32. The highest BCUT2D eigenvalue weighted by atomic mass is 127. The molecule has 2 aromatic heterocycles. The predicted octanol–water partition coefficient (Wildman–Crippen LogP) is 4.67. The number of aromatic nitrogens is 4. The van der Waals surface area contributed by atoms with Crippen LogP contribution >= 0.6 is 22.6 Å². The molecule has 2 aromatic rings. The maximum absolute atomic E-state index is 13.9. The van der Waals surface area contributed by atoms with Crippen LogP contribution in [0.25, 0.3) is 11.4 Å². The third-order valence-electron chi connectivity index (χ3n) is 5.76. The van der Waals surface area contributed by atoms with Crippen molar-refractivity contribution in [3.63, 3.8) is 0 Å². The summed E-state index contributed by atoms with van der Waals surface area (Å²) in [5, 5.41) is 17.4. The normalized spacial score (nSPS) is 17.9. The number of carbonyl (C=O) groups is 2. The number of carboxylic acid groups (broad SMARTS) is 1. The Balaban J connectivity index is 1.84. The van der Waals surface area contributed by atoms with Gasteiger partial charge in [-0.25, -0.2) is 23.2 Å². The summed E-state index contributed by atoms with van der Waals surface area (Å²) in [5.74, 6) is -1.55. The lowest BCUT2D eigenvalue weighted by Gasteiger charge is -2.27. The van der Waals surface area contributed by atoms with Gasteiger partial charge < -0.3 is 19.5 Å². The molecule has 0 saturated heterocycles. The highest BCUT2D eigenvalue weighted by molar-refractivity contribution is 14.1. The Labute approximate surface area is 215 Å². The molecule has 0 spiro atoms. The van der Waals surface area contributed by atoms with E-state index in [1.807, 2.05) is 6.92 Å². The number of amides is 1. The molecular formula is C22H28F2IN5O5. The first-order valence-corrected chi connectivity index (χ1v) is 12.8. The van der Waals surface area contributed by atoms with Gasteiger partial charge >= 0.3 is 12.1 Å². The van der Waals surface area contributed by atoms with Crippen molar-refractivity contribution in [3.05, 3.63) is 23.5 Å². The Kier molecular flexibility index (Phi) is 9.57.